The zero-order valence-electron chi connectivity index (χ0n) is 17.2. The molecule has 4 nitrogen and oxygen atoms in total. The summed E-state index contributed by atoms with van der Waals surface area (Å²) in [6.45, 7) is 6.02. The van der Waals surface area contributed by atoms with Gasteiger partial charge in [0.25, 0.3) is 0 Å². The number of benzene rings is 1. The monoisotopic (exact) mass is 375 g/mol. The minimum absolute atomic E-state index is 0.339. The molecule has 2 N–H and O–H groups in total. The van der Waals surface area contributed by atoms with Crippen LogP contribution in [0.2, 0.25) is 0 Å². The van der Waals surface area contributed by atoms with Crippen molar-refractivity contribution in [2.75, 3.05) is 24.6 Å². The number of carboxylic acids is 1. The average Bonchev–Trinajstić information content (AvgIpc) is 2.70. The molecular formula is C23H37NO3. The molecule has 1 aliphatic rings. The van der Waals surface area contributed by atoms with Gasteiger partial charge in [0.15, 0.2) is 0 Å². The summed E-state index contributed by atoms with van der Waals surface area (Å²) in [5, 5.41) is 20.4. The van der Waals surface area contributed by atoms with Crippen LogP contribution in [0.25, 0.3) is 0 Å². The van der Waals surface area contributed by atoms with E-state index in [9.17, 15) is 15.0 Å². The van der Waals surface area contributed by atoms with E-state index in [1.165, 1.54) is 24.9 Å². The van der Waals surface area contributed by atoms with Gasteiger partial charge >= 0.3 is 5.97 Å². The van der Waals surface area contributed by atoms with E-state index in [-0.39, 0.29) is 6.61 Å². The average molecular weight is 376 g/mol. The Hall–Kier alpha value is -1.55. The van der Waals surface area contributed by atoms with E-state index in [1.807, 2.05) is 12.1 Å². The summed E-state index contributed by atoms with van der Waals surface area (Å²) in [7, 11) is 0. The van der Waals surface area contributed by atoms with Gasteiger partial charge in [-0.15, -0.1) is 0 Å². The van der Waals surface area contributed by atoms with Crippen molar-refractivity contribution in [1.29, 1.82) is 0 Å². The zero-order valence-corrected chi connectivity index (χ0v) is 17.2. The van der Waals surface area contributed by atoms with Gasteiger partial charge in [0.2, 0.25) is 0 Å². The fourth-order valence-corrected chi connectivity index (χ4v) is 4.34. The number of nitrogens with zero attached hydrogens (tertiary/aromatic N) is 1. The fraction of sp³-hybridized carbons (Fsp3) is 0.696. The molecule has 0 radical (unpaired) electrons. The van der Waals surface area contributed by atoms with Crippen LogP contribution in [-0.2, 0) is 16.6 Å². The van der Waals surface area contributed by atoms with Gasteiger partial charge in [-0.1, -0.05) is 51.7 Å². The number of hydrogen-bond acceptors (Lipinski definition) is 3. The number of aliphatic hydroxyl groups excluding tert-OH is 1. The van der Waals surface area contributed by atoms with Crippen LogP contribution in [0.15, 0.2) is 18.2 Å². The molecule has 1 unspecified atom stereocenters. The Morgan fingerprint density at radius 3 is 2.37 bits per heavy atom. The third-order valence-electron chi connectivity index (χ3n) is 6.03. The number of hydrogen-bond donors (Lipinski definition) is 2. The SMILES string of the molecule is CCCCCC(CO)(C(=O)O)c1cccc(N2CCCCC2)c1CCCC. The third kappa shape index (κ3) is 5.04. The summed E-state index contributed by atoms with van der Waals surface area (Å²) >= 11 is 0. The first kappa shape index (κ1) is 21.7. The highest BCUT2D eigenvalue weighted by molar-refractivity contribution is 5.83. The van der Waals surface area contributed by atoms with E-state index in [0.717, 1.165) is 62.7 Å². The minimum atomic E-state index is -1.19. The number of unbranched alkanes of at least 4 members (excludes halogenated alkanes) is 3. The second kappa shape index (κ2) is 10.7. The molecule has 0 amide bonds. The van der Waals surface area contributed by atoms with Crippen molar-refractivity contribution in [3.63, 3.8) is 0 Å². The highest BCUT2D eigenvalue weighted by Crippen LogP contribution is 2.38. The molecule has 1 saturated heterocycles. The van der Waals surface area contributed by atoms with E-state index in [4.69, 9.17) is 0 Å². The first-order valence-electron chi connectivity index (χ1n) is 10.8. The maximum absolute atomic E-state index is 12.4. The van der Waals surface area contributed by atoms with Crippen molar-refractivity contribution in [2.24, 2.45) is 0 Å². The predicted molar refractivity (Wildman–Crippen MR) is 112 cm³/mol. The molecule has 0 aliphatic carbocycles. The van der Waals surface area contributed by atoms with Crippen molar-refractivity contribution in [3.05, 3.63) is 29.3 Å². The molecule has 27 heavy (non-hydrogen) atoms. The normalized spacial score (nSPS) is 16.9. The van der Waals surface area contributed by atoms with Gasteiger partial charge in [0.05, 0.1) is 6.61 Å². The molecule has 0 bridgehead atoms. The molecule has 2 rings (SSSR count). The van der Waals surface area contributed by atoms with E-state index < -0.39 is 11.4 Å². The Labute approximate surface area is 164 Å². The second-order valence-corrected chi connectivity index (χ2v) is 7.96. The predicted octanol–water partition coefficient (Wildman–Crippen LogP) is 4.91. The largest absolute Gasteiger partial charge is 0.481 e. The van der Waals surface area contributed by atoms with Crippen molar-refractivity contribution in [2.45, 2.75) is 83.5 Å². The molecule has 1 fully saturated rings. The summed E-state index contributed by atoms with van der Waals surface area (Å²) in [6, 6.07) is 6.09. The van der Waals surface area contributed by atoms with E-state index in [0.29, 0.717) is 6.42 Å². The number of carboxylic acid groups (broad SMARTS) is 1. The Morgan fingerprint density at radius 2 is 1.78 bits per heavy atom. The van der Waals surface area contributed by atoms with Crippen LogP contribution in [-0.4, -0.2) is 35.9 Å². The summed E-state index contributed by atoms with van der Waals surface area (Å²) in [5.74, 6) is -0.894. The van der Waals surface area contributed by atoms with Gasteiger partial charge < -0.3 is 15.1 Å². The zero-order chi connectivity index (χ0) is 19.7. The Bertz CT molecular complexity index is 595. The standard InChI is InChI=1S/C23H37NO3/c1-3-5-8-15-23(18-25,22(26)27)20-13-11-14-21(19(20)12-6-4-2)24-16-9-7-10-17-24/h11,13-14,25H,3-10,12,15-18H2,1-2H3,(H,26,27). The van der Waals surface area contributed by atoms with Crippen LogP contribution in [0.3, 0.4) is 0 Å². The molecule has 1 heterocycles. The van der Waals surface area contributed by atoms with E-state index in [2.05, 4.69) is 24.8 Å². The van der Waals surface area contributed by atoms with Gasteiger partial charge in [-0.3, -0.25) is 4.79 Å². The van der Waals surface area contributed by atoms with Gasteiger partial charge in [-0.05, 0) is 55.7 Å². The lowest BCUT2D eigenvalue weighted by molar-refractivity contribution is -0.146. The molecule has 1 aromatic carbocycles. The highest BCUT2D eigenvalue weighted by Gasteiger charge is 2.41. The lowest BCUT2D eigenvalue weighted by Crippen LogP contribution is -2.41. The van der Waals surface area contributed by atoms with Crippen molar-refractivity contribution in [1.82, 2.24) is 0 Å². The molecular weight excluding hydrogens is 338 g/mol. The maximum atomic E-state index is 12.4. The summed E-state index contributed by atoms with van der Waals surface area (Å²) < 4.78 is 0. The van der Waals surface area contributed by atoms with Crippen LogP contribution in [0.5, 0.6) is 0 Å². The number of anilines is 1. The molecule has 1 aromatic rings. The van der Waals surface area contributed by atoms with Crippen molar-refractivity contribution in [3.8, 4) is 0 Å². The van der Waals surface area contributed by atoms with Gasteiger partial charge in [-0.25, -0.2) is 0 Å². The Kier molecular flexibility index (Phi) is 8.62. The van der Waals surface area contributed by atoms with Gasteiger partial charge in [0, 0.05) is 18.8 Å². The smallest absolute Gasteiger partial charge is 0.316 e. The molecule has 0 saturated carbocycles. The fourth-order valence-electron chi connectivity index (χ4n) is 4.34. The number of rotatable bonds is 11. The summed E-state index contributed by atoms with van der Waals surface area (Å²) in [5.41, 5.74) is 1.99. The lowest BCUT2D eigenvalue weighted by Gasteiger charge is -2.35. The first-order valence-corrected chi connectivity index (χ1v) is 10.8. The molecule has 4 heteroatoms. The summed E-state index contributed by atoms with van der Waals surface area (Å²) in [6.07, 6.45) is 9.99. The number of aliphatic carboxylic acids is 1. The van der Waals surface area contributed by atoms with Crippen LogP contribution >= 0.6 is 0 Å². The van der Waals surface area contributed by atoms with Gasteiger partial charge in [0.1, 0.15) is 5.41 Å². The van der Waals surface area contributed by atoms with E-state index >= 15 is 0 Å². The molecule has 0 aromatic heterocycles. The van der Waals surface area contributed by atoms with Gasteiger partial charge in [-0.2, -0.15) is 0 Å². The van der Waals surface area contributed by atoms with E-state index in [1.54, 1.807) is 0 Å². The van der Waals surface area contributed by atoms with Crippen molar-refractivity contribution < 1.29 is 15.0 Å². The minimum Gasteiger partial charge on any atom is -0.481 e. The number of aliphatic hydroxyl groups is 1. The van der Waals surface area contributed by atoms with Crippen LogP contribution < -0.4 is 4.90 Å². The molecule has 1 aliphatic heterocycles. The summed E-state index contributed by atoms with van der Waals surface area (Å²) in [4.78, 5) is 14.8. The van der Waals surface area contributed by atoms with Crippen molar-refractivity contribution >= 4 is 11.7 Å². The van der Waals surface area contributed by atoms with Crippen LogP contribution in [0.4, 0.5) is 5.69 Å². The lowest BCUT2D eigenvalue weighted by atomic mass is 9.73. The number of piperidine rings is 1. The topological polar surface area (TPSA) is 60.8 Å². The number of carbonyl (C=O) groups is 1. The maximum Gasteiger partial charge on any atom is 0.316 e. The molecule has 1 atom stereocenters. The highest BCUT2D eigenvalue weighted by atomic mass is 16.4. The molecule has 0 spiro atoms. The Morgan fingerprint density at radius 1 is 1.07 bits per heavy atom. The van der Waals surface area contributed by atoms with Crippen LogP contribution in [0, 0.1) is 0 Å². The Balaban J connectivity index is 2.51. The first-order chi connectivity index (χ1) is 13.1. The molecule has 152 valence electrons. The third-order valence-corrected chi connectivity index (χ3v) is 6.03. The van der Waals surface area contributed by atoms with Crippen LogP contribution in [0.1, 0.15) is 82.8 Å². The second-order valence-electron chi connectivity index (χ2n) is 7.96. The quantitative estimate of drug-likeness (QED) is 0.539.